The third kappa shape index (κ3) is 3.13. The summed E-state index contributed by atoms with van der Waals surface area (Å²) in [7, 11) is 1.82. The van der Waals surface area contributed by atoms with Crippen LogP contribution in [0.15, 0.2) is 28.8 Å². The van der Waals surface area contributed by atoms with Crippen LogP contribution in [-0.2, 0) is 17.6 Å². The molecule has 2 aliphatic rings. The van der Waals surface area contributed by atoms with Crippen LogP contribution in [-0.4, -0.2) is 41.1 Å². The van der Waals surface area contributed by atoms with Gasteiger partial charge < -0.3 is 14.2 Å². The molecule has 6 nitrogen and oxygen atoms in total. The van der Waals surface area contributed by atoms with Gasteiger partial charge in [-0.2, -0.15) is 4.98 Å². The van der Waals surface area contributed by atoms with Crippen LogP contribution in [0.1, 0.15) is 36.0 Å². The van der Waals surface area contributed by atoms with Crippen molar-refractivity contribution in [3.63, 3.8) is 0 Å². The average molecular weight is 327 g/mol. The highest BCUT2D eigenvalue weighted by Gasteiger charge is 2.30. The Bertz CT molecular complexity index is 739. The number of aromatic nitrogens is 2. The highest BCUT2D eigenvalue weighted by molar-refractivity contribution is 5.79. The first kappa shape index (κ1) is 15.2. The zero-order valence-corrected chi connectivity index (χ0v) is 13.8. The summed E-state index contributed by atoms with van der Waals surface area (Å²) in [5, 5.41) is 4.00. The van der Waals surface area contributed by atoms with Crippen molar-refractivity contribution < 1.29 is 14.1 Å². The van der Waals surface area contributed by atoms with Crippen molar-refractivity contribution in [2.45, 2.75) is 31.6 Å². The molecule has 0 N–H and O–H groups in total. The predicted molar refractivity (Wildman–Crippen MR) is 86.7 cm³/mol. The quantitative estimate of drug-likeness (QED) is 0.842. The third-order valence-electron chi connectivity index (χ3n) is 4.69. The molecule has 0 spiro atoms. The molecule has 4 rings (SSSR count). The van der Waals surface area contributed by atoms with E-state index in [-0.39, 0.29) is 11.8 Å². The molecule has 0 saturated heterocycles. The van der Waals surface area contributed by atoms with E-state index in [0.717, 1.165) is 36.5 Å². The third-order valence-corrected chi connectivity index (χ3v) is 4.69. The van der Waals surface area contributed by atoms with Crippen LogP contribution in [0, 0.1) is 5.92 Å². The fourth-order valence-electron chi connectivity index (χ4n) is 3.04. The number of hydrogen-bond donors (Lipinski definition) is 0. The largest absolute Gasteiger partial charge is 0.492 e. The molecule has 1 fully saturated rings. The molecule has 1 aromatic heterocycles. The second-order valence-electron chi connectivity index (χ2n) is 6.65. The predicted octanol–water partition coefficient (Wildman–Crippen LogP) is 2.20. The topological polar surface area (TPSA) is 68.5 Å². The van der Waals surface area contributed by atoms with Gasteiger partial charge >= 0.3 is 0 Å². The van der Waals surface area contributed by atoms with Crippen LogP contribution in [0.25, 0.3) is 0 Å². The van der Waals surface area contributed by atoms with E-state index in [1.807, 2.05) is 31.3 Å². The van der Waals surface area contributed by atoms with Gasteiger partial charge in [-0.15, -0.1) is 0 Å². The minimum absolute atomic E-state index is 0.107. The molecule has 1 aromatic carbocycles. The number of ether oxygens (including phenoxy) is 1. The first-order valence-corrected chi connectivity index (χ1v) is 8.49. The van der Waals surface area contributed by atoms with E-state index in [1.165, 1.54) is 0 Å². The molecule has 24 heavy (non-hydrogen) atoms. The van der Waals surface area contributed by atoms with Crippen LogP contribution in [0.4, 0.5) is 0 Å². The van der Waals surface area contributed by atoms with Crippen LogP contribution in [0.2, 0.25) is 0 Å². The zero-order chi connectivity index (χ0) is 16.5. The van der Waals surface area contributed by atoms with Crippen molar-refractivity contribution >= 4 is 5.91 Å². The van der Waals surface area contributed by atoms with Gasteiger partial charge in [0.2, 0.25) is 11.8 Å². The van der Waals surface area contributed by atoms with Crippen molar-refractivity contribution in [2.75, 3.05) is 20.2 Å². The van der Waals surface area contributed by atoms with Gasteiger partial charge in [-0.05, 0) is 30.9 Å². The van der Waals surface area contributed by atoms with Gasteiger partial charge in [0.05, 0.1) is 5.92 Å². The number of amides is 1. The Hall–Kier alpha value is -2.37. The van der Waals surface area contributed by atoms with E-state index >= 15 is 0 Å². The van der Waals surface area contributed by atoms with Gasteiger partial charge in [0.1, 0.15) is 12.4 Å². The first-order valence-electron chi connectivity index (χ1n) is 8.49. The van der Waals surface area contributed by atoms with E-state index in [9.17, 15) is 4.79 Å². The second-order valence-corrected chi connectivity index (χ2v) is 6.65. The van der Waals surface area contributed by atoms with E-state index in [1.54, 1.807) is 4.90 Å². The van der Waals surface area contributed by atoms with Crippen molar-refractivity contribution in [3.05, 3.63) is 41.5 Å². The highest BCUT2D eigenvalue weighted by Crippen LogP contribution is 2.38. The number of likely N-dealkylation sites (N-methyl/N-ethyl adjacent to an activating group) is 1. The molecular formula is C18H21N3O3. The van der Waals surface area contributed by atoms with Crippen molar-refractivity contribution in [1.82, 2.24) is 15.0 Å². The van der Waals surface area contributed by atoms with Crippen LogP contribution in [0.3, 0.4) is 0 Å². The molecule has 1 amide bonds. The molecule has 1 aliphatic carbocycles. The molecule has 0 bridgehead atoms. The van der Waals surface area contributed by atoms with Gasteiger partial charge in [-0.25, -0.2) is 0 Å². The number of fused-ring (bicyclic) bond motifs is 1. The number of rotatable bonds is 5. The zero-order valence-electron chi connectivity index (χ0n) is 13.8. The standard InChI is InChI=1S/C18H21N3O3/c1-21(9-8-16-19-17(24-20-16)12-6-7-12)18(22)14-10-13-4-2-3-5-15(13)23-11-14/h2-5,12,14H,6-11H2,1H3/t14-/m0/s1. The molecule has 0 unspecified atom stereocenters. The maximum Gasteiger partial charge on any atom is 0.229 e. The minimum atomic E-state index is -0.128. The molecule has 0 radical (unpaired) electrons. The fourth-order valence-corrected chi connectivity index (χ4v) is 3.04. The van der Waals surface area contributed by atoms with E-state index < -0.39 is 0 Å². The van der Waals surface area contributed by atoms with Gasteiger partial charge in [-0.1, -0.05) is 23.4 Å². The monoisotopic (exact) mass is 327 g/mol. The Morgan fingerprint density at radius 1 is 1.33 bits per heavy atom. The SMILES string of the molecule is CN(CCc1noc(C2CC2)n1)C(=O)[C@@H]1COc2ccccc2C1. The summed E-state index contributed by atoms with van der Waals surface area (Å²) >= 11 is 0. The summed E-state index contributed by atoms with van der Waals surface area (Å²) in [4.78, 5) is 18.8. The number of benzene rings is 1. The number of nitrogens with zero attached hydrogens (tertiary/aromatic N) is 3. The highest BCUT2D eigenvalue weighted by atomic mass is 16.5. The van der Waals surface area contributed by atoms with E-state index in [4.69, 9.17) is 9.26 Å². The number of para-hydroxylation sites is 1. The van der Waals surface area contributed by atoms with Crippen molar-refractivity contribution in [1.29, 1.82) is 0 Å². The van der Waals surface area contributed by atoms with Gasteiger partial charge in [-0.3, -0.25) is 4.79 Å². The molecule has 1 aliphatic heterocycles. The van der Waals surface area contributed by atoms with Crippen LogP contribution < -0.4 is 4.74 Å². The number of carbonyl (C=O) groups is 1. The Kier molecular flexibility index (Phi) is 3.96. The Balaban J connectivity index is 1.32. The molecule has 1 atom stereocenters. The molecule has 1 saturated carbocycles. The summed E-state index contributed by atoms with van der Waals surface area (Å²) in [5.74, 6) is 2.76. The van der Waals surface area contributed by atoms with Crippen molar-refractivity contribution in [3.8, 4) is 5.75 Å². The van der Waals surface area contributed by atoms with Crippen LogP contribution in [0.5, 0.6) is 5.75 Å². The van der Waals surface area contributed by atoms with Gasteiger partial charge in [0.15, 0.2) is 5.82 Å². The van der Waals surface area contributed by atoms with E-state index in [0.29, 0.717) is 31.3 Å². The molecule has 6 heteroatoms. The molecule has 2 aromatic rings. The molecule has 2 heterocycles. The summed E-state index contributed by atoms with van der Waals surface area (Å²) < 4.78 is 11.0. The Labute approximate surface area is 140 Å². The summed E-state index contributed by atoms with van der Waals surface area (Å²) in [5.41, 5.74) is 1.10. The lowest BCUT2D eigenvalue weighted by molar-refractivity contribution is -0.135. The van der Waals surface area contributed by atoms with E-state index in [2.05, 4.69) is 10.1 Å². The smallest absolute Gasteiger partial charge is 0.229 e. The summed E-state index contributed by atoms with van der Waals surface area (Å²) in [6.45, 7) is 1.02. The normalized spacial score (nSPS) is 19.5. The summed E-state index contributed by atoms with van der Waals surface area (Å²) in [6, 6.07) is 7.90. The number of hydrogen-bond acceptors (Lipinski definition) is 5. The molecule has 126 valence electrons. The Morgan fingerprint density at radius 2 is 2.17 bits per heavy atom. The Morgan fingerprint density at radius 3 is 3.00 bits per heavy atom. The van der Waals surface area contributed by atoms with Crippen molar-refractivity contribution in [2.24, 2.45) is 5.92 Å². The second kappa shape index (κ2) is 6.26. The summed E-state index contributed by atoms with van der Waals surface area (Å²) in [6.07, 6.45) is 3.63. The lowest BCUT2D eigenvalue weighted by Gasteiger charge is -2.28. The molecular weight excluding hydrogens is 306 g/mol. The number of carbonyl (C=O) groups excluding carboxylic acids is 1. The van der Waals surface area contributed by atoms with Gasteiger partial charge in [0, 0.05) is 25.9 Å². The maximum absolute atomic E-state index is 12.6. The minimum Gasteiger partial charge on any atom is -0.492 e. The van der Waals surface area contributed by atoms with Crippen LogP contribution >= 0.6 is 0 Å². The lowest BCUT2D eigenvalue weighted by atomic mass is 9.95. The average Bonchev–Trinajstić information content (AvgIpc) is 3.37. The maximum atomic E-state index is 12.6. The van der Waals surface area contributed by atoms with Gasteiger partial charge in [0.25, 0.3) is 0 Å². The fraction of sp³-hybridized carbons (Fsp3) is 0.500. The first-order chi connectivity index (χ1) is 11.7. The lowest BCUT2D eigenvalue weighted by Crippen LogP contribution is -2.39.